The molecule has 0 aliphatic carbocycles. The molecule has 100 valence electrons. The van der Waals surface area contributed by atoms with Gasteiger partial charge in [-0.1, -0.05) is 43.3 Å². The quantitative estimate of drug-likeness (QED) is 0.805. The molecule has 2 aromatic rings. The highest BCUT2D eigenvalue weighted by Gasteiger charge is 2.05. The van der Waals surface area contributed by atoms with Gasteiger partial charge in [-0.05, 0) is 35.2 Å². The molecule has 0 aliphatic heterocycles. The summed E-state index contributed by atoms with van der Waals surface area (Å²) in [5.41, 5.74) is 3.24. The summed E-state index contributed by atoms with van der Waals surface area (Å²) in [6.45, 7) is 2.11. The highest BCUT2D eigenvalue weighted by molar-refractivity contribution is 7.86. The monoisotopic (exact) mass is 276 g/mol. The van der Waals surface area contributed by atoms with Gasteiger partial charge in [0.1, 0.15) is 5.75 Å². The summed E-state index contributed by atoms with van der Waals surface area (Å²) in [5, 5.41) is 0. The molecule has 0 heterocycles. The van der Waals surface area contributed by atoms with E-state index in [2.05, 4.69) is 19.1 Å². The maximum atomic E-state index is 11.1. The molecular weight excluding hydrogens is 260 g/mol. The van der Waals surface area contributed by atoms with Crippen molar-refractivity contribution in [3.8, 4) is 16.9 Å². The zero-order valence-electron chi connectivity index (χ0n) is 11.0. The third kappa shape index (κ3) is 3.83. The lowest BCUT2D eigenvalue weighted by atomic mass is 10.0. The van der Waals surface area contributed by atoms with Crippen LogP contribution in [0.25, 0.3) is 11.1 Å². The van der Waals surface area contributed by atoms with E-state index in [1.165, 1.54) is 5.56 Å². The Bertz CT molecular complexity index is 658. The minimum atomic E-state index is -3.49. The molecule has 3 nitrogen and oxygen atoms in total. The van der Waals surface area contributed by atoms with E-state index in [0.717, 1.165) is 23.8 Å². The van der Waals surface area contributed by atoms with E-state index in [4.69, 9.17) is 4.18 Å². The van der Waals surface area contributed by atoms with Crippen LogP contribution in [-0.2, 0) is 16.5 Å². The lowest BCUT2D eigenvalue weighted by molar-refractivity contribution is 0.493. The first kappa shape index (κ1) is 13.6. The molecule has 0 bridgehead atoms. The van der Waals surface area contributed by atoms with Crippen LogP contribution in [0.15, 0.2) is 48.5 Å². The Hall–Kier alpha value is -1.81. The van der Waals surface area contributed by atoms with Crippen LogP contribution >= 0.6 is 0 Å². The van der Waals surface area contributed by atoms with Crippen molar-refractivity contribution < 1.29 is 12.6 Å². The largest absolute Gasteiger partial charge is 0.383 e. The maximum Gasteiger partial charge on any atom is 0.306 e. The van der Waals surface area contributed by atoms with Gasteiger partial charge in [-0.25, -0.2) is 0 Å². The molecule has 4 heteroatoms. The molecule has 0 amide bonds. The number of hydrogen-bond donors (Lipinski definition) is 0. The van der Waals surface area contributed by atoms with E-state index in [-0.39, 0.29) is 0 Å². The van der Waals surface area contributed by atoms with Crippen molar-refractivity contribution >= 4 is 10.1 Å². The summed E-state index contributed by atoms with van der Waals surface area (Å²) in [6, 6.07) is 15.3. The second kappa shape index (κ2) is 5.45. The fourth-order valence-corrected chi connectivity index (χ4v) is 2.29. The third-order valence-corrected chi connectivity index (χ3v) is 3.27. The molecule has 0 radical (unpaired) electrons. The molecule has 0 unspecified atom stereocenters. The van der Waals surface area contributed by atoms with Gasteiger partial charge >= 0.3 is 10.1 Å². The molecule has 2 aromatic carbocycles. The molecule has 0 aliphatic rings. The SMILES string of the molecule is CCc1ccc(-c2cccc(OS(C)(=O)=O)c2)cc1. The highest BCUT2D eigenvalue weighted by atomic mass is 32.2. The van der Waals surface area contributed by atoms with Gasteiger partial charge in [-0.2, -0.15) is 8.42 Å². The first-order valence-corrected chi connectivity index (χ1v) is 7.88. The van der Waals surface area contributed by atoms with Crippen molar-refractivity contribution in [3.05, 3.63) is 54.1 Å². The van der Waals surface area contributed by atoms with Gasteiger partial charge in [0.25, 0.3) is 0 Å². The van der Waals surface area contributed by atoms with Crippen molar-refractivity contribution in [2.75, 3.05) is 6.26 Å². The predicted octanol–water partition coefficient (Wildman–Crippen LogP) is 3.25. The van der Waals surface area contributed by atoms with Gasteiger partial charge in [0.05, 0.1) is 6.26 Å². The highest BCUT2D eigenvalue weighted by Crippen LogP contribution is 2.24. The van der Waals surface area contributed by atoms with E-state index in [0.29, 0.717) is 5.75 Å². The number of benzene rings is 2. The van der Waals surface area contributed by atoms with Crippen LogP contribution in [0.2, 0.25) is 0 Å². The van der Waals surface area contributed by atoms with Crippen molar-refractivity contribution in [2.45, 2.75) is 13.3 Å². The summed E-state index contributed by atoms with van der Waals surface area (Å²) in [6.07, 6.45) is 2.03. The molecule has 0 fully saturated rings. The lowest BCUT2D eigenvalue weighted by Gasteiger charge is -2.06. The van der Waals surface area contributed by atoms with Crippen LogP contribution in [0.3, 0.4) is 0 Å². The molecule has 0 saturated heterocycles. The summed E-state index contributed by atoms with van der Waals surface area (Å²) >= 11 is 0. The zero-order valence-corrected chi connectivity index (χ0v) is 11.8. The molecule has 19 heavy (non-hydrogen) atoms. The van der Waals surface area contributed by atoms with Crippen LogP contribution in [-0.4, -0.2) is 14.7 Å². The number of aryl methyl sites for hydroxylation is 1. The first-order valence-electron chi connectivity index (χ1n) is 6.07. The van der Waals surface area contributed by atoms with E-state index in [1.54, 1.807) is 18.2 Å². The minimum absolute atomic E-state index is 0.333. The molecule has 0 spiro atoms. The van der Waals surface area contributed by atoms with Gasteiger partial charge in [-0.3, -0.25) is 0 Å². The van der Waals surface area contributed by atoms with Gasteiger partial charge in [0.15, 0.2) is 0 Å². The van der Waals surface area contributed by atoms with Crippen LogP contribution in [0.4, 0.5) is 0 Å². The van der Waals surface area contributed by atoms with Crippen molar-refractivity contribution in [3.63, 3.8) is 0 Å². The smallest absolute Gasteiger partial charge is 0.306 e. The predicted molar refractivity (Wildman–Crippen MR) is 76.7 cm³/mol. The van der Waals surface area contributed by atoms with E-state index >= 15 is 0 Å². The zero-order chi connectivity index (χ0) is 13.9. The Kier molecular flexibility index (Phi) is 3.90. The molecule has 0 aromatic heterocycles. The van der Waals surface area contributed by atoms with Gasteiger partial charge < -0.3 is 4.18 Å². The van der Waals surface area contributed by atoms with Crippen molar-refractivity contribution in [1.29, 1.82) is 0 Å². The van der Waals surface area contributed by atoms with E-state index < -0.39 is 10.1 Å². The number of rotatable bonds is 4. The second-order valence-corrected chi connectivity index (χ2v) is 5.94. The van der Waals surface area contributed by atoms with Gasteiger partial charge in [0.2, 0.25) is 0 Å². The molecule has 0 saturated carbocycles. The van der Waals surface area contributed by atoms with Crippen molar-refractivity contribution in [1.82, 2.24) is 0 Å². The third-order valence-electron chi connectivity index (χ3n) is 2.78. The van der Waals surface area contributed by atoms with E-state index in [9.17, 15) is 8.42 Å². The fraction of sp³-hybridized carbons (Fsp3) is 0.200. The summed E-state index contributed by atoms with van der Waals surface area (Å²) < 4.78 is 27.1. The van der Waals surface area contributed by atoms with Crippen molar-refractivity contribution in [2.24, 2.45) is 0 Å². The second-order valence-electron chi connectivity index (χ2n) is 4.37. The van der Waals surface area contributed by atoms with E-state index in [1.807, 2.05) is 18.2 Å². The minimum Gasteiger partial charge on any atom is -0.383 e. The Morgan fingerprint density at radius 3 is 2.26 bits per heavy atom. The Labute approximate surface area is 114 Å². The van der Waals surface area contributed by atoms with Crippen LogP contribution < -0.4 is 4.18 Å². The first-order chi connectivity index (χ1) is 8.98. The standard InChI is InChI=1S/C15H16O3S/c1-3-12-7-9-13(10-8-12)14-5-4-6-15(11-14)18-19(2,16)17/h4-11H,3H2,1-2H3. The Balaban J connectivity index is 2.32. The lowest BCUT2D eigenvalue weighted by Crippen LogP contribution is -2.05. The van der Waals surface area contributed by atoms with Crippen LogP contribution in [0.5, 0.6) is 5.75 Å². The summed E-state index contributed by atoms with van der Waals surface area (Å²) in [4.78, 5) is 0. The fourth-order valence-electron chi connectivity index (χ4n) is 1.84. The maximum absolute atomic E-state index is 11.1. The van der Waals surface area contributed by atoms with Gasteiger partial charge in [0, 0.05) is 0 Å². The average Bonchev–Trinajstić information content (AvgIpc) is 2.37. The Morgan fingerprint density at radius 2 is 1.68 bits per heavy atom. The normalized spacial score (nSPS) is 11.3. The summed E-state index contributed by atoms with van der Waals surface area (Å²) in [5.74, 6) is 0.333. The molecular formula is C15H16O3S. The topological polar surface area (TPSA) is 43.4 Å². The molecule has 2 rings (SSSR count). The van der Waals surface area contributed by atoms with Crippen LogP contribution in [0, 0.1) is 0 Å². The average molecular weight is 276 g/mol. The Morgan fingerprint density at radius 1 is 1.00 bits per heavy atom. The molecule has 0 N–H and O–H groups in total. The molecule has 0 atom stereocenters. The summed E-state index contributed by atoms with van der Waals surface area (Å²) in [7, 11) is -3.49. The van der Waals surface area contributed by atoms with Crippen LogP contribution in [0.1, 0.15) is 12.5 Å². The van der Waals surface area contributed by atoms with Gasteiger partial charge in [-0.15, -0.1) is 0 Å². The number of hydrogen-bond acceptors (Lipinski definition) is 3.